The quantitative estimate of drug-likeness (QED) is 0.713. The predicted molar refractivity (Wildman–Crippen MR) is 109 cm³/mol. The van der Waals surface area contributed by atoms with Crippen molar-refractivity contribution in [2.45, 2.75) is 31.6 Å². The molecule has 150 valence electrons. The van der Waals surface area contributed by atoms with Crippen molar-refractivity contribution in [1.82, 2.24) is 4.90 Å². The van der Waals surface area contributed by atoms with Gasteiger partial charge in [-0.05, 0) is 63.1 Å². The zero-order valence-electron chi connectivity index (χ0n) is 16.3. The van der Waals surface area contributed by atoms with Crippen LogP contribution in [0.4, 0.5) is 5.69 Å². The lowest BCUT2D eigenvalue weighted by molar-refractivity contribution is -0.128. The molecule has 6 nitrogen and oxygen atoms in total. The number of hydrogen-bond donors (Lipinski definition) is 0. The highest BCUT2D eigenvalue weighted by molar-refractivity contribution is 7.92. The second-order valence-electron chi connectivity index (χ2n) is 6.84. The summed E-state index contributed by atoms with van der Waals surface area (Å²) in [6.07, 6.45) is 1.92. The van der Waals surface area contributed by atoms with Gasteiger partial charge in [-0.3, -0.25) is 9.10 Å². The molecule has 1 aliphatic rings. The van der Waals surface area contributed by atoms with Gasteiger partial charge < -0.3 is 9.64 Å². The SMILES string of the molecule is CCOc1ccc(S(=O)(=O)N(CC(=O)N2CCCC2)c2ccc(C)cc2)cc1. The average Bonchev–Trinajstić information content (AvgIpc) is 3.22. The minimum absolute atomic E-state index is 0.130. The van der Waals surface area contributed by atoms with Gasteiger partial charge in [0.25, 0.3) is 10.0 Å². The molecular weight excluding hydrogens is 376 g/mol. The van der Waals surface area contributed by atoms with Crippen molar-refractivity contribution in [1.29, 1.82) is 0 Å². The summed E-state index contributed by atoms with van der Waals surface area (Å²) in [5.74, 6) is 0.434. The summed E-state index contributed by atoms with van der Waals surface area (Å²) in [4.78, 5) is 14.6. The fourth-order valence-electron chi connectivity index (χ4n) is 3.22. The van der Waals surface area contributed by atoms with Crippen LogP contribution in [0.2, 0.25) is 0 Å². The van der Waals surface area contributed by atoms with Crippen LogP contribution >= 0.6 is 0 Å². The maximum Gasteiger partial charge on any atom is 0.264 e. The second kappa shape index (κ2) is 8.65. The number of likely N-dealkylation sites (tertiary alicyclic amines) is 1. The van der Waals surface area contributed by atoms with Crippen LogP contribution in [0.25, 0.3) is 0 Å². The largest absolute Gasteiger partial charge is 0.494 e. The monoisotopic (exact) mass is 402 g/mol. The van der Waals surface area contributed by atoms with E-state index in [9.17, 15) is 13.2 Å². The maximum atomic E-state index is 13.4. The first-order chi connectivity index (χ1) is 13.4. The summed E-state index contributed by atoms with van der Waals surface area (Å²) in [5, 5.41) is 0. The molecule has 0 bridgehead atoms. The van der Waals surface area contributed by atoms with Gasteiger partial charge in [-0.25, -0.2) is 8.42 Å². The summed E-state index contributed by atoms with van der Waals surface area (Å²) in [6.45, 7) is 5.47. The minimum Gasteiger partial charge on any atom is -0.494 e. The number of aryl methyl sites for hydroxylation is 1. The summed E-state index contributed by atoms with van der Waals surface area (Å²) >= 11 is 0. The Balaban J connectivity index is 1.93. The Labute approximate surface area is 166 Å². The predicted octanol–water partition coefficient (Wildman–Crippen LogP) is 3.21. The molecule has 1 heterocycles. The molecule has 1 aliphatic heterocycles. The van der Waals surface area contributed by atoms with E-state index in [1.807, 2.05) is 26.0 Å². The minimum atomic E-state index is -3.89. The van der Waals surface area contributed by atoms with Gasteiger partial charge in [0.2, 0.25) is 5.91 Å². The molecule has 7 heteroatoms. The Morgan fingerprint density at radius 3 is 2.21 bits per heavy atom. The van der Waals surface area contributed by atoms with Crippen molar-refractivity contribution in [3.05, 3.63) is 54.1 Å². The lowest BCUT2D eigenvalue weighted by Crippen LogP contribution is -2.42. The van der Waals surface area contributed by atoms with Crippen molar-refractivity contribution in [3.63, 3.8) is 0 Å². The van der Waals surface area contributed by atoms with Gasteiger partial charge in [-0.15, -0.1) is 0 Å². The molecule has 1 fully saturated rings. The fourth-order valence-corrected chi connectivity index (χ4v) is 4.63. The van der Waals surface area contributed by atoms with Crippen LogP contribution < -0.4 is 9.04 Å². The Morgan fingerprint density at radius 1 is 1.04 bits per heavy atom. The van der Waals surface area contributed by atoms with Crippen molar-refractivity contribution < 1.29 is 17.9 Å². The molecule has 0 aliphatic carbocycles. The standard InChI is InChI=1S/C21H26N2O4S/c1-3-27-19-10-12-20(13-11-19)28(25,26)23(18-8-6-17(2)7-9-18)16-21(24)22-14-4-5-15-22/h6-13H,3-5,14-16H2,1-2H3. The zero-order chi connectivity index (χ0) is 20.1. The van der Waals surface area contributed by atoms with E-state index in [4.69, 9.17) is 4.74 Å². The summed E-state index contributed by atoms with van der Waals surface area (Å²) in [7, 11) is -3.89. The highest BCUT2D eigenvalue weighted by Gasteiger charge is 2.29. The molecule has 0 atom stereocenters. The van der Waals surface area contributed by atoms with Gasteiger partial charge >= 0.3 is 0 Å². The molecule has 1 saturated heterocycles. The summed E-state index contributed by atoms with van der Waals surface area (Å²) < 4.78 is 33.3. The first kappa shape index (κ1) is 20.2. The highest BCUT2D eigenvalue weighted by Crippen LogP contribution is 2.26. The summed E-state index contributed by atoms with van der Waals surface area (Å²) in [5.41, 5.74) is 1.50. The van der Waals surface area contributed by atoms with E-state index < -0.39 is 10.0 Å². The Morgan fingerprint density at radius 2 is 1.64 bits per heavy atom. The molecule has 28 heavy (non-hydrogen) atoms. The van der Waals surface area contributed by atoms with Crippen LogP contribution in [0.5, 0.6) is 5.75 Å². The third kappa shape index (κ3) is 4.47. The lowest BCUT2D eigenvalue weighted by Gasteiger charge is -2.26. The van der Waals surface area contributed by atoms with Crippen LogP contribution in [0.1, 0.15) is 25.3 Å². The highest BCUT2D eigenvalue weighted by atomic mass is 32.2. The first-order valence-electron chi connectivity index (χ1n) is 9.52. The van der Waals surface area contributed by atoms with Crippen LogP contribution in [0.3, 0.4) is 0 Å². The topological polar surface area (TPSA) is 66.9 Å². The van der Waals surface area contributed by atoms with E-state index in [2.05, 4.69) is 0 Å². The van der Waals surface area contributed by atoms with E-state index in [0.29, 0.717) is 31.1 Å². The average molecular weight is 403 g/mol. The van der Waals surface area contributed by atoms with Gasteiger partial charge in [0.15, 0.2) is 0 Å². The van der Waals surface area contributed by atoms with Crippen LogP contribution in [-0.2, 0) is 14.8 Å². The van der Waals surface area contributed by atoms with Crippen molar-refractivity contribution in [2.24, 2.45) is 0 Å². The number of rotatable bonds is 7. The first-order valence-corrected chi connectivity index (χ1v) is 11.0. The van der Waals surface area contributed by atoms with E-state index in [-0.39, 0.29) is 17.3 Å². The normalized spacial score (nSPS) is 14.1. The van der Waals surface area contributed by atoms with E-state index >= 15 is 0 Å². The summed E-state index contributed by atoms with van der Waals surface area (Å²) in [6, 6.07) is 13.5. The van der Waals surface area contributed by atoms with Gasteiger partial charge in [0.05, 0.1) is 17.2 Å². The van der Waals surface area contributed by atoms with Gasteiger partial charge in [-0.2, -0.15) is 0 Å². The molecule has 0 spiro atoms. The zero-order valence-corrected chi connectivity index (χ0v) is 17.1. The number of anilines is 1. The van der Waals surface area contributed by atoms with Crippen molar-refractivity contribution >= 4 is 21.6 Å². The molecule has 0 unspecified atom stereocenters. The number of carbonyl (C=O) groups excluding carboxylic acids is 1. The molecule has 1 amide bonds. The van der Waals surface area contributed by atoms with Gasteiger partial charge in [0.1, 0.15) is 12.3 Å². The molecule has 2 aromatic rings. The molecular formula is C21H26N2O4S. The Bertz CT molecular complexity index is 902. The molecule has 0 N–H and O–H groups in total. The molecule has 0 aromatic heterocycles. The number of sulfonamides is 1. The van der Waals surface area contributed by atoms with Crippen LogP contribution in [-0.4, -0.2) is 45.5 Å². The number of carbonyl (C=O) groups is 1. The van der Waals surface area contributed by atoms with Gasteiger partial charge in [0, 0.05) is 13.1 Å². The van der Waals surface area contributed by atoms with E-state index in [0.717, 1.165) is 18.4 Å². The Hall–Kier alpha value is -2.54. The lowest BCUT2D eigenvalue weighted by atomic mass is 10.2. The van der Waals surface area contributed by atoms with Crippen molar-refractivity contribution in [2.75, 3.05) is 30.5 Å². The van der Waals surface area contributed by atoms with E-state index in [1.54, 1.807) is 29.2 Å². The third-order valence-electron chi connectivity index (χ3n) is 4.78. The van der Waals surface area contributed by atoms with Crippen molar-refractivity contribution in [3.8, 4) is 5.75 Å². The Kier molecular flexibility index (Phi) is 6.24. The molecule has 0 saturated carbocycles. The third-order valence-corrected chi connectivity index (χ3v) is 6.57. The smallest absolute Gasteiger partial charge is 0.264 e. The second-order valence-corrected chi connectivity index (χ2v) is 8.70. The van der Waals surface area contributed by atoms with Crippen LogP contribution in [0, 0.1) is 6.92 Å². The number of ether oxygens (including phenoxy) is 1. The van der Waals surface area contributed by atoms with E-state index in [1.165, 1.54) is 16.4 Å². The molecule has 0 radical (unpaired) electrons. The number of nitrogens with zero attached hydrogens (tertiary/aromatic N) is 2. The number of benzene rings is 2. The van der Waals surface area contributed by atoms with Crippen LogP contribution in [0.15, 0.2) is 53.4 Å². The van der Waals surface area contributed by atoms with Gasteiger partial charge in [-0.1, -0.05) is 17.7 Å². The molecule has 2 aromatic carbocycles. The molecule has 3 rings (SSSR count). The maximum absolute atomic E-state index is 13.4. The number of amides is 1. The fraction of sp³-hybridized carbons (Fsp3) is 0.381. The number of hydrogen-bond acceptors (Lipinski definition) is 4.